The van der Waals surface area contributed by atoms with Crippen LogP contribution in [0.1, 0.15) is 30.1 Å². The molecule has 6 heteroatoms. The number of nitrogens with zero attached hydrogens (tertiary/aromatic N) is 3. The summed E-state index contributed by atoms with van der Waals surface area (Å²) in [5.41, 5.74) is 0.443. The van der Waals surface area contributed by atoms with Crippen LogP contribution in [0.5, 0.6) is 0 Å². The zero-order valence-electron chi connectivity index (χ0n) is 12.7. The molecule has 1 N–H and O–H groups in total. The van der Waals surface area contributed by atoms with Crippen LogP contribution < -0.4 is 10.5 Å². The molecule has 1 aromatic carbocycles. The Kier molecular flexibility index (Phi) is 3.60. The zero-order valence-corrected chi connectivity index (χ0v) is 12.7. The molecule has 0 saturated carbocycles. The van der Waals surface area contributed by atoms with E-state index >= 15 is 0 Å². The van der Waals surface area contributed by atoms with Gasteiger partial charge in [-0.15, -0.1) is 0 Å². The lowest BCUT2D eigenvalue weighted by Gasteiger charge is -2.32. The number of piperidine rings is 1. The molecule has 1 saturated heterocycles. The fraction of sp³-hybridized carbons (Fsp3) is 0.438. The van der Waals surface area contributed by atoms with Gasteiger partial charge in [0.15, 0.2) is 0 Å². The molecule has 3 rings (SSSR count). The van der Waals surface area contributed by atoms with Gasteiger partial charge in [0.05, 0.1) is 16.5 Å². The van der Waals surface area contributed by atoms with Crippen molar-refractivity contribution >= 4 is 22.8 Å². The van der Waals surface area contributed by atoms with Crippen LogP contribution in [0.15, 0.2) is 23.0 Å². The first-order valence-electron chi connectivity index (χ1n) is 7.46. The maximum atomic E-state index is 12.5. The Bertz CT molecular complexity index is 789. The number of hydrogen-bond donors (Lipinski definition) is 1. The first-order chi connectivity index (χ1) is 10.5. The third kappa shape index (κ3) is 2.45. The van der Waals surface area contributed by atoms with Crippen molar-refractivity contribution in [3.05, 3.63) is 34.1 Å². The van der Waals surface area contributed by atoms with Gasteiger partial charge in [-0.05, 0) is 37.0 Å². The van der Waals surface area contributed by atoms with Gasteiger partial charge in [0, 0.05) is 20.1 Å². The average molecular weight is 301 g/mol. The highest BCUT2D eigenvalue weighted by Gasteiger charge is 2.20. The molecule has 1 aliphatic rings. The van der Waals surface area contributed by atoms with E-state index in [1.165, 1.54) is 18.2 Å². The first-order valence-corrected chi connectivity index (χ1v) is 7.46. The second-order valence-corrected chi connectivity index (χ2v) is 5.98. The number of carboxylic acids is 1. The summed E-state index contributed by atoms with van der Waals surface area (Å²) in [6.07, 6.45) is 2.14. The minimum Gasteiger partial charge on any atom is -0.478 e. The minimum absolute atomic E-state index is 0.143. The third-order valence-electron chi connectivity index (χ3n) is 4.37. The van der Waals surface area contributed by atoms with E-state index in [9.17, 15) is 9.59 Å². The Morgan fingerprint density at radius 1 is 1.32 bits per heavy atom. The molecule has 116 valence electrons. The molecule has 0 bridgehead atoms. The average Bonchev–Trinajstić information content (AvgIpc) is 2.51. The summed E-state index contributed by atoms with van der Waals surface area (Å²) in [4.78, 5) is 30.2. The number of aromatic carboxylic acids is 1. The van der Waals surface area contributed by atoms with Crippen molar-refractivity contribution in [3.8, 4) is 0 Å². The molecule has 22 heavy (non-hydrogen) atoms. The summed E-state index contributed by atoms with van der Waals surface area (Å²) in [5.74, 6) is 0.289. The second-order valence-electron chi connectivity index (χ2n) is 5.98. The van der Waals surface area contributed by atoms with Crippen LogP contribution in [-0.2, 0) is 7.05 Å². The van der Waals surface area contributed by atoms with Gasteiger partial charge in [-0.3, -0.25) is 9.36 Å². The van der Waals surface area contributed by atoms with Crippen molar-refractivity contribution in [1.29, 1.82) is 0 Å². The van der Waals surface area contributed by atoms with Gasteiger partial charge in [-0.2, -0.15) is 0 Å². The fourth-order valence-electron chi connectivity index (χ4n) is 2.88. The van der Waals surface area contributed by atoms with Gasteiger partial charge >= 0.3 is 5.97 Å². The number of benzene rings is 1. The van der Waals surface area contributed by atoms with Crippen LogP contribution in [0, 0.1) is 5.92 Å². The van der Waals surface area contributed by atoms with Gasteiger partial charge in [0.25, 0.3) is 5.56 Å². The van der Waals surface area contributed by atoms with Crippen molar-refractivity contribution < 1.29 is 9.90 Å². The summed E-state index contributed by atoms with van der Waals surface area (Å²) >= 11 is 0. The van der Waals surface area contributed by atoms with Gasteiger partial charge in [0.2, 0.25) is 5.95 Å². The second kappa shape index (κ2) is 5.44. The molecule has 2 heterocycles. The summed E-state index contributed by atoms with van der Waals surface area (Å²) < 4.78 is 1.55. The van der Waals surface area contributed by atoms with Gasteiger partial charge < -0.3 is 10.0 Å². The molecule has 0 aliphatic carbocycles. The van der Waals surface area contributed by atoms with Crippen molar-refractivity contribution in [2.24, 2.45) is 13.0 Å². The number of fused-ring (bicyclic) bond motifs is 1. The largest absolute Gasteiger partial charge is 0.478 e. The van der Waals surface area contributed by atoms with Crippen LogP contribution in [0.3, 0.4) is 0 Å². The number of anilines is 1. The lowest BCUT2D eigenvalue weighted by molar-refractivity contribution is 0.0697. The molecule has 0 spiro atoms. The Labute approximate surface area is 128 Å². The number of carboxylic acid groups (broad SMARTS) is 1. The fourth-order valence-corrected chi connectivity index (χ4v) is 2.88. The molecular formula is C16H19N3O3. The summed E-state index contributed by atoms with van der Waals surface area (Å²) in [6, 6.07) is 4.45. The van der Waals surface area contributed by atoms with E-state index in [4.69, 9.17) is 5.11 Å². The Morgan fingerprint density at radius 2 is 2.00 bits per heavy atom. The molecule has 1 fully saturated rings. The number of hydrogen-bond acceptors (Lipinski definition) is 4. The number of aromatic nitrogens is 2. The van der Waals surface area contributed by atoms with Gasteiger partial charge in [-0.25, -0.2) is 9.78 Å². The van der Waals surface area contributed by atoms with Crippen molar-refractivity contribution in [3.63, 3.8) is 0 Å². The van der Waals surface area contributed by atoms with Gasteiger partial charge in [-0.1, -0.05) is 6.92 Å². The van der Waals surface area contributed by atoms with E-state index in [2.05, 4.69) is 16.8 Å². The topological polar surface area (TPSA) is 75.4 Å². The summed E-state index contributed by atoms with van der Waals surface area (Å²) in [5, 5.41) is 9.54. The lowest BCUT2D eigenvalue weighted by Crippen LogP contribution is -2.37. The maximum Gasteiger partial charge on any atom is 0.335 e. The molecule has 1 aromatic heterocycles. The highest BCUT2D eigenvalue weighted by atomic mass is 16.4. The summed E-state index contributed by atoms with van der Waals surface area (Å²) in [7, 11) is 1.72. The number of rotatable bonds is 2. The van der Waals surface area contributed by atoms with Crippen LogP contribution in [0.4, 0.5) is 5.95 Å². The van der Waals surface area contributed by atoms with E-state index in [0.29, 0.717) is 22.8 Å². The molecule has 0 amide bonds. The lowest BCUT2D eigenvalue weighted by atomic mass is 10.00. The van der Waals surface area contributed by atoms with Crippen molar-refractivity contribution in [1.82, 2.24) is 9.55 Å². The SMILES string of the molecule is CC1CCN(c2nc3cc(C(=O)O)ccc3c(=O)n2C)CC1. The molecule has 6 nitrogen and oxygen atoms in total. The van der Waals surface area contributed by atoms with Crippen molar-refractivity contribution in [2.75, 3.05) is 18.0 Å². The van der Waals surface area contributed by atoms with E-state index in [1.54, 1.807) is 11.6 Å². The highest BCUT2D eigenvalue weighted by Crippen LogP contribution is 2.22. The first kappa shape index (κ1) is 14.6. The molecule has 0 unspecified atom stereocenters. The van der Waals surface area contributed by atoms with Crippen LogP contribution >= 0.6 is 0 Å². The Hall–Kier alpha value is -2.37. The molecule has 2 aromatic rings. The maximum absolute atomic E-state index is 12.5. The van der Waals surface area contributed by atoms with Crippen LogP contribution in [0.2, 0.25) is 0 Å². The van der Waals surface area contributed by atoms with Crippen LogP contribution in [-0.4, -0.2) is 33.7 Å². The van der Waals surface area contributed by atoms with Crippen molar-refractivity contribution in [2.45, 2.75) is 19.8 Å². The Balaban J connectivity index is 2.12. The number of carbonyl (C=O) groups is 1. The Morgan fingerprint density at radius 3 is 2.64 bits per heavy atom. The molecule has 0 radical (unpaired) electrons. The quantitative estimate of drug-likeness (QED) is 0.916. The van der Waals surface area contributed by atoms with E-state index < -0.39 is 5.97 Å². The zero-order chi connectivity index (χ0) is 15.9. The molecular weight excluding hydrogens is 282 g/mol. The smallest absolute Gasteiger partial charge is 0.335 e. The third-order valence-corrected chi connectivity index (χ3v) is 4.37. The molecule has 0 atom stereocenters. The minimum atomic E-state index is -1.02. The van der Waals surface area contributed by atoms with Gasteiger partial charge in [0.1, 0.15) is 0 Å². The normalized spacial score (nSPS) is 16.2. The van der Waals surface area contributed by atoms with E-state index in [0.717, 1.165) is 25.9 Å². The highest BCUT2D eigenvalue weighted by molar-refractivity contribution is 5.93. The monoisotopic (exact) mass is 301 g/mol. The predicted molar refractivity (Wildman–Crippen MR) is 84.6 cm³/mol. The van der Waals surface area contributed by atoms with E-state index in [-0.39, 0.29) is 11.1 Å². The predicted octanol–water partition coefficient (Wildman–Crippen LogP) is 1.87. The standard InChI is InChI=1S/C16H19N3O3/c1-10-5-7-19(8-6-10)16-17-13-9-11(15(21)22)3-4-12(13)14(20)18(16)2/h3-4,9-10H,5-8H2,1-2H3,(H,21,22). The summed E-state index contributed by atoms with van der Waals surface area (Å²) in [6.45, 7) is 3.96. The van der Waals surface area contributed by atoms with Crippen LogP contribution in [0.25, 0.3) is 10.9 Å². The van der Waals surface area contributed by atoms with E-state index in [1.807, 2.05) is 0 Å². The molecule has 1 aliphatic heterocycles.